The van der Waals surface area contributed by atoms with Crippen LogP contribution in [-0.2, 0) is 21.1 Å². The van der Waals surface area contributed by atoms with E-state index in [1.54, 1.807) is 38.4 Å². The quantitative estimate of drug-likeness (QED) is 0.662. The van der Waals surface area contributed by atoms with Gasteiger partial charge in [0.05, 0.1) is 11.4 Å². The summed E-state index contributed by atoms with van der Waals surface area (Å²) in [5.41, 5.74) is 1.49. The second-order valence-electron chi connectivity index (χ2n) is 6.49. The number of amides is 2. The Labute approximate surface area is 170 Å². The summed E-state index contributed by atoms with van der Waals surface area (Å²) in [5.74, 6) is -1.24. The average molecular weight is 421 g/mol. The van der Waals surface area contributed by atoms with Gasteiger partial charge in [-0.15, -0.1) is 0 Å². The summed E-state index contributed by atoms with van der Waals surface area (Å²) in [7, 11) is -0.240. The summed E-state index contributed by atoms with van der Waals surface area (Å²) in [4.78, 5) is 26.1. The van der Waals surface area contributed by atoms with E-state index >= 15 is 0 Å². The molecule has 0 fully saturated rings. The van der Waals surface area contributed by atoms with Crippen molar-refractivity contribution < 1.29 is 18.0 Å². The van der Waals surface area contributed by atoms with Crippen LogP contribution < -0.4 is 5.32 Å². The Morgan fingerprint density at radius 1 is 1.00 bits per heavy atom. The third-order valence-electron chi connectivity index (χ3n) is 3.84. The Hall–Kier alpha value is -2.32. The highest BCUT2D eigenvalue weighted by molar-refractivity contribution is 8.13. The Balaban J connectivity index is 1.91. The Bertz CT molecular complexity index is 913. The largest absolute Gasteiger partial charge is 0.339 e. The van der Waals surface area contributed by atoms with Gasteiger partial charge in [0.1, 0.15) is 5.75 Å². The van der Waals surface area contributed by atoms with Gasteiger partial charge in [0.2, 0.25) is 5.91 Å². The minimum atomic E-state index is -3.51. The number of hydrogen-bond acceptors (Lipinski definition) is 5. The zero-order valence-electron chi connectivity index (χ0n) is 15.9. The number of aryl methyl sites for hydroxylation is 1. The molecule has 1 N–H and O–H groups in total. The van der Waals surface area contributed by atoms with Gasteiger partial charge in [0.15, 0.2) is 9.84 Å². The van der Waals surface area contributed by atoms with Gasteiger partial charge in [-0.1, -0.05) is 42.5 Å². The van der Waals surface area contributed by atoms with Gasteiger partial charge in [0.25, 0.3) is 5.24 Å². The van der Waals surface area contributed by atoms with Gasteiger partial charge in [-0.05, 0) is 42.3 Å². The van der Waals surface area contributed by atoms with E-state index in [-0.39, 0.29) is 11.0 Å². The standard InChI is InChI=1S/C20H24N2O4S2/c1-22(2)20(24)27-18-13-7-6-12-17(18)21-19(23)15-28(25,26)14-8-11-16-9-4-3-5-10-16/h3-7,9-10,12-13H,8,11,14-15H2,1-2H3,(H,21,23). The van der Waals surface area contributed by atoms with Crippen molar-refractivity contribution in [2.45, 2.75) is 17.7 Å². The summed E-state index contributed by atoms with van der Waals surface area (Å²) in [6.07, 6.45) is 1.11. The normalized spacial score (nSPS) is 11.1. The van der Waals surface area contributed by atoms with E-state index in [1.807, 2.05) is 30.3 Å². The Morgan fingerprint density at radius 3 is 2.32 bits per heavy atom. The van der Waals surface area contributed by atoms with E-state index < -0.39 is 21.5 Å². The molecule has 0 atom stereocenters. The predicted octanol–water partition coefficient (Wildman–Crippen LogP) is 3.45. The molecule has 28 heavy (non-hydrogen) atoms. The van der Waals surface area contributed by atoms with Crippen LogP contribution in [0.3, 0.4) is 0 Å². The first-order chi connectivity index (χ1) is 13.3. The van der Waals surface area contributed by atoms with Crippen LogP contribution in [-0.4, -0.2) is 50.1 Å². The molecule has 2 aromatic rings. The van der Waals surface area contributed by atoms with E-state index in [2.05, 4.69) is 5.32 Å². The molecule has 6 nitrogen and oxygen atoms in total. The van der Waals surface area contributed by atoms with Gasteiger partial charge in [0, 0.05) is 19.0 Å². The van der Waals surface area contributed by atoms with Crippen LogP contribution in [0.4, 0.5) is 10.5 Å². The lowest BCUT2D eigenvalue weighted by atomic mass is 10.1. The van der Waals surface area contributed by atoms with Crippen molar-refractivity contribution in [2.24, 2.45) is 0 Å². The van der Waals surface area contributed by atoms with Gasteiger partial charge in [-0.3, -0.25) is 9.59 Å². The van der Waals surface area contributed by atoms with Crippen molar-refractivity contribution in [1.29, 1.82) is 0 Å². The average Bonchev–Trinajstić information content (AvgIpc) is 2.63. The Morgan fingerprint density at radius 2 is 1.64 bits per heavy atom. The number of thioether (sulfide) groups is 1. The monoisotopic (exact) mass is 420 g/mol. The molecular formula is C20H24N2O4S2. The molecule has 2 amide bonds. The molecule has 150 valence electrons. The van der Waals surface area contributed by atoms with Crippen molar-refractivity contribution in [3.8, 4) is 0 Å². The molecule has 0 heterocycles. The van der Waals surface area contributed by atoms with Crippen LogP contribution in [0.15, 0.2) is 59.5 Å². The number of nitrogens with zero attached hydrogens (tertiary/aromatic N) is 1. The van der Waals surface area contributed by atoms with Crippen molar-refractivity contribution >= 4 is 38.4 Å². The van der Waals surface area contributed by atoms with E-state index in [0.717, 1.165) is 17.3 Å². The molecule has 8 heteroatoms. The first-order valence-electron chi connectivity index (χ1n) is 8.79. The fourth-order valence-corrected chi connectivity index (χ4v) is 4.39. The van der Waals surface area contributed by atoms with Crippen molar-refractivity contribution in [3.05, 3.63) is 60.2 Å². The number of nitrogens with one attached hydrogen (secondary N) is 1. The second kappa shape index (κ2) is 10.3. The lowest BCUT2D eigenvalue weighted by Gasteiger charge is -2.13. The number of rotatable bonds is 8. The highest BCUT2D eigenvalue weighted by atomic mass is 32.2. The molecule has 0 saturated carbocycles. The van der Waals surface area contributed by atoms with Gasteiger partial charge in [-0.2, -0.15) is 0 Å². The summed E-state index contributed by atoms with van der Waals surface area (Å²) >= 11 is 0.973. The molecule has 0 radical (unpaired) electrons. The molecule has 0 aliphatic heterocycles. The van der Waals surface area contributed by atoms with E-state index in [4.69, 9.17) is 0 Å². The van der Waals surface area contributed by atoms with Gasteiger partial charge in [-0.25, -0.2) is 8.42 Å². The molecular weight excluding hydrogens is 396 g/mol. The van der Waals surface area contributed by atoms with Crippen LogP contribution in [0.2, 0.25) is 0 Å². The highest BCUT2D eigenvalue weighted by Gasteiger charge is 2.18. The molecule has 0 spiro atoms. The number of benzene rings is 2. The van der Waals surface area contributed by atoms with E-state index in [0.29, 0.717) is 23.4 Å². The minimum Gasteiger partial charge on any atom is -0.339 e. The van der Waals surface area contributed by atoms with E-state index in [1.165, 1.54) is 4.90 Å². The predicted molar refractivity (Wildman–Crippen MR) is 113 cm³/mol. The molecule has 0 aliphatic rings. The second-order valence-corrected chi connectivity index (χ2v) is 9.67. The van der Waals surface area contributed by atoms with Crippen molar-refractivity contribution in [2.75, 3.05) is 30.9 Å². The van der Waals surface area contributed by atoms with Crippen LogP contribution in [0, 0.1) is 0 Å². The minimum absolute atomic E-state index is 0.0508. The van der Waals surface area contributed by atoms with Gasteiger partial charge < -0.3 is 10.2 Å². The number of carbonyl (C=O) groups is 2. The van der Waals surface area contributed by atoms with Crippen LogP contribution >= 0.6 is 11.8 Å². The van der Waals surface area contributed by atoms with Crippen molar-refractivity contribution in [1.82, 2.24) is 4.90 Å². The molecule has 0 saturated heterocycles. The third kappa shape index (κ3) is 7.36. The smallest absolute Gasteiger partial charge is 0.286 e. The zero-order chi connectivity index (χ0) is 20.6. The SMILES string of the molecule is CN(C)C(=O)Sc1ccccc1NC(=O)CS(=O)(=O)CCCc1ccccc1. The lowest BCUT2D eigenvalue weighted by molar-refractivity contribution is -0.113. The van der Waals surface area contributed by atoms with Gasteiger partial charge >= 0.3 is 0 Å². The fraction of sp³-hybridized carbons (Fsp3) is 0.300. The molecule has 2 aromatic carbocycles. The topological polar surface area (TPSA) is 83.6 Å². The van der Waals surface area contributed by atoms with Crippen molar-refractivity contribution in [3.63, 3.8) is 0 Å². The maximum absolute atomic E-state index is 12.2. The molecule has 0 aliphatic carbocycles. The third-order valence-corrected chi connectivity index (χ3v) is 6.57. The maximum atomic E-state index is 12.2. The first-order valence-corrected chi connectivity index (χ1v) is 11.4. The van der Waals surface area contributed by atoms with Crippen LogP contribution in [0.1, 0.15) is 12.0 Å². The van der Waals surface area contributed by atoms with E-state index in [9.17, 15) is 18.0 Å². The lowest BCUT2D eigenvalue weighted by Crippen LogP contribution is -2.25. The van der Waals surface area contributed by atoms with Crippen LogP contribution in [0.5, 0.6) is 0 Å². The number of anilines is 1. The molecule has 0 bridgehead atoms. The van der Waals surface area contributed by atoms with Crippen LogP contribution in [0.25, 0.3) is 0 Å². The first kappa shape index (κ1) is 22.0. The molecule has 0 aromatic heterocycles. The number of sulfone groups is 1. The molecule has 2 rings (SSSR count). The molecule has 0 unspecified atom stereocenters. The Kier molecular flexibility index (Phi) is 8.07. The summed E-state index contributed by atoms with van der Waals surface area (Å²) in [5, 5.41) is 2.42. The maximum Gasteiger partial charge on any atom is 0.286 e. The summed E-state index contributed by atoms with van der Waals surface area (Å²) in [6.45, 7) is 0. The zero-order valence-corrected chi connectivity index (χ0v) is 17.6. The number of para-hydroxylation sites is 1. The summed E-state index contributed by atoms with van der Waals surface area (Å²) < 4.78 is 24.5. The fourth-order valence-electron chi connectivity index (χ4n) is 2.44. The highest BCUT2D eigenvalue weighted by Crippen LogP contribution is 2.28. The number of carbonyl (C=O) groups excluding carboxylic acids is 2. The summed E-state index contributed by atoms with van der Waals surface area (Å²) in [6, 6.07) is 16.4. The number of hydrogen-bond donors (Lipinski definition) is 1.